The van der Waals surface area contributed by atoms with Gasteiger partial charge >= 0.3 is 0 Å². The Kier molecular flexibility index (Phi) is 6.87. The number of hydrogen-bond acceptors (Lipinski definition) is 3. The van der Waals surface area contributed by atoms with Crippen LogP contribution in [-0.2, 0) is 11.3 Å². The Morgan fingerprint density at radius 1 is 1.42 bits per heavy atom. The maximum absolute atomic E-state index is 11.5. The Labute approximate surface area is 123 Å². The van der Waals surface area contributed by atoms with E-state index in [0.29, 0.717) is 25.6 Å². The summed E-state index contributed by atoms with van der Waals surface area (Å²) >= 11 is 3.48. The van der Waals surface area contributed by atoms with E-state index in [1.54, 1.807) is 7.11 Å². The zero-order valence-electron chi connectivity index (χ0n) is 11.6. The zero-order chi connectivity index (χ0) is 14.3. The lowest BCUT2D eigenvalue weighted by atomic mass is 10.2. The van der Waals surface area contributed by atoms with Crippen molar-refractivity contribution in [3.8, 4) is 5.75 Å². The maximum atomic E-state index is 11.5. The first-order valence-corrected chi connectivity index (χ1v) is 7.12. The van der Waals surface area contributed by atoms with Gasteiger partial charge in [-0.3, -0.25) is 4.79 Å². The fourth-order valence-electron chi connectivity index (χ4n) is 1.50. The van der Waals surface area contributed by atoms with Crippen LogP contribution in [0, 0.1) is 5.92 Å². The summed E-state index contributed by atoms with van der Waals surface area (Å²) in [6, 6.07) is 5.78. The molecule has 0 aromatic heterocycles. The highest BCUT2D eigenvalue weighted by Gasteiger charge is 2.04. The number of carbonyl (C=O) groups is 1. The summed E-state index contributed by atoms with van der Waals surface area (Å²) in [6.45, 7) is 5.79. The third-order valence-electron chi connectivity index (χ3n) is 2.56. The lowest BCUT2D eigenvalue weighted by Gasteiger charge is -2.10. The normalized spacial score (nSPS) is 10.6. The highest BCUT2D eigenvalue weighted by atomic mass is 79.9. The quantitative estimate of drug-likeness (QED) is 0.807. The van der Waals surface area contributed by atoms with Gasteiger partial charge in [0, 0.05) is 17.6 Å². The van der Waals surface area contributed by atoms with E-state index in [0.717, 1.165) is 15.8 Å². The van der Waals surface area contributed by atoms with E-state index in [1.165, 1.54) is 0 Å². The summed E-state index contributed by atoms with van der Waals surface area (Å²) in [5.74, 6) is 1.30. The van der Waals surface area contributed by atoms with Crippen LogP contribution in [0.3, 0.4) is 0 Å². The number of halogens is 1. The van der Waals surface area contributed by atoms with Crippen molar-refractivity contribution in [3.63, 3.8) is 0 Å². The monoisotopic (exact) mass is 328 g/mol. The highest BCUT2D eigenvalue weighted by molar-refractivity contribution is 9.10. The molecular weight excluding hydrogens is 308 g/mol. The number of ether oxygens (including phenoxy) is 1. The topological polar surface area (TPSA) is 50.4 Å². The van der Waals surface area contributed by atoms with Crippen molar-refractivity contribution in [2.75, 3.05) is 20.2 Å². The summed E-state index contributed by atoms with van der Waals surface area (Å²) in [7, 11) is 1.64. The number of nitrogens with one attached hydrogen (secondary N) is 2. The second kappa shape index (κ2) is 8.17. The van der Waals surface area contributed by atoms with Gasteiger partial charge in [-0.2, -0.15) is 0 Å². The minimum atomic E-state index is 0.0210. The molecule has 0 radical (unpaired) electrons. The largest absolute Gasteiger partial charge is 0.497 e. The van der Waals surface area contributed by atoms with E-state index in [-0.39, 0.29) is 5.91 Å². The molecule has 0 unspecified atom stereocenters. The fourth-order valence-corrected chi connectivity index (χ4v) is 1.89. The number of hydrogen-bond donors (Lipinski definition) is 2. The van der Waals surface area contributed by atoms with Gasteiger partial charge < -0.3 is 15.4 Å². The predicted octanol–water partition coefficient (Wildman–Crippen LogP) is 2.32. The molecule has 1 aromatic rings. The lowest BCUT2D eigenvalue weighted by molar-refractivity contribution is -0.120. The first-order valence-electron chi connectivity index (χ1n) is 6.32. The van der Waals surface area contributed by atoms with E-state index < -0.39 is 0 Å². The van der Waals surface area contributed by atoms with Crippen molar-refractivity contribution >= 4 is 21.8 Å². The van der Waals surface area contributed by atoms with Crippen LogP contribution in [0.2, 0.25) is 0 Å². The van der Waals surface area contributed by atoms with Crippen molar-refractivity contribution in [1.82, 2.24) is 10.6 Å². The van der Waals surface area contributed by atoms with Gasteiger partial charge in [0.25, 0.3) is 0 Å². The maximum Gasteiger partial charge on any atom is 0.233 e. The molecule has 0 fully saturated rings. The molecule has 0 spiro atoms. The molecule has 0 atom stereocenters. The van der Waals surface area contributed by atoms with Crippen LogP contribution >= 0.6 is 15.9 Å². The molecule has 5 heteroatoms. The molecule has 2 N–H and O–H groups in total. The highest BCUT2D eigenvalue weighted by Crippen LogP contribution is 2.22. The lowest BCUT2D eigenvalue weighted by Crippen LogP contribution is -2.35. The zero-order valence-corrected chi connectivity index (χ0v) is 13.2. The molecule has 0 heterocycles. The molecular formula is C14H21BrN2O2. The van der Waals surface area contributed by atoms with Gasteiger partial charge in [0.2, 0.25) is 5.91 Å². The Bertz CT molecular complexity index is 422. The average Bonchev–Trinajstić information content (AvgIpc) is 2.38. The van der Waals surface area contributed by atoms with Crippen molar-refractivity contribution in [3.05, 3.63) is 28.2 Å². The van der Waals surface area contributed by atoms with Crippen molar-refractivity contribution < 1.29 is 9.53 Å². The van der Waals surface area contributed by atoms with Crippen molar-refractivity contribution in [1.29, 1.82) is 0 Å². The third kappa shape index (κ3) is 6.07. The summed E-state index contributed by atoms with van der Waals surface area (Å²) in [5.41, 5.74) is 1.07. The SMILES string of the molecule is COc1ccc(Br)c(CNCC(=O)NCC(C)C)c1. The van der Waals surface area contributed by atoms with Crippen LogP contribution in [-0.4, -0.2) is 26.1 Å². The fraction of sp³-hybridized carbons (Fsp3) is 0.500. The minimum Gasteiger partial charge on any atom is -0.497 e. The number of methoxy groups -OCH3 is 1. The van der Waals surface area contributed by atoms with E-state index >= 15 is 0 Å². The summed E-state index contributed by atoms with van der Waals surface area (Å²) in [5, 5.41) is 5.99. The third-order valence-corrected chi connectivity index (χ3v) is 3.33. The van der Waals surface area contributed by atoms with E-state index in [4.69, 9.17) is 4.74 Å². The molecule has 0 saturated carbocycles. The van der Waals surface area contributed by atoms with Crippen LogP contribution in [0.25, 0.3) is 0 Å². The molecule has 4 nitrogen and oxygen atoms in total. The molecule has 1 rings (SSSR count). The van der Waals surface area contributed by atoms with Crippen LogP contribution < -0.4 is 15.4 Å². The summed E-state index contributed by atoms with van der Waals surface area (Å²) in [6.07, 6.45) is 0. The second-order valence-corrected chi connectivity index (χ2v) is 5.61. The Morgan fingerprint density at radius 2 is 2.16 bits per heavy atom. The molecule has 0 aliphatic heterocycles. The van der Waals surface area contributed by atoms with Gasteiger partial charge in [-0.25, -0.2) is 0 Å². The van der Waals surface area contributed by atoms with E-state index in [2.05, 4.69) is 40.4 Å². The van der Waals surface area contributed by atoms with Gasteiger partial charge in [-0.15, -0.1) is 0 Å². The summed E-state index contributed by atoms with van der Waals surface area (Å²) < 4.78 is 6.18. The second-order valence-electron chi connectivity index (χ2n) is 4.76. The molecule has 1 amide bonds. The Balaban J connectivity index is 2.38. The van der Waals surface area contributed by atoms with E-state index in [9.17, 15) is 4.79 Å². The smallest absolute Gasteiger partial charge is 0.233 e. The standard InChI is InChI=1S/C14H21BrN2O2/c1-10(2)7-17-14(18)9-16-8-11-6-12(19-3)4-5-13(11)15/h4-6,10,16H,7-9H2,1-3H3,(H,17,18). The van der Waals surface area contributed by atoms with Crippen molar-refractivity contribution in [2.24, 2.45) is 5.92 Å². The molecule has 106 valence electrons. The minimum absolute atomic E-state index is 0.0210. The number of benzene rings is 1. The molecule has 0 aliphatic rings. The molecule has 19 heavy (non-hydrogen) atoms. The van der Waals surface area contributed by atoms with Gasteiger partial charge in [-0.1, -0.05) is 29.8 Å². The van der Waals surface area contributed by atoms with Crippen LogP contribution in [0.5, 0.6) is 5.75 Å². The first-order chi connectivity index (χ1) is 9.02. The number of amides is 1. The Hall–Kier alpha value is -1.07. The van der Waals surface area contributed by atoms with Crippen LogP contribution in [0.1, 0.15) is 19.4 Å². The molecule has 0 aliphatic carbocycles. The van der Waals surface area contributed by atoms with Gasteiger partial charge in [-0.05, 0) is 29.7 Å². The predicted molar refractivity (Wildman–Crippen MR) is 80.2 cm³/mol. The van der Waals surface area contributed by atoms with Gasteiger partial charge in [0.15, 0.2) is 0 Å². The first kappa shape index (κ1) is 16.0. The van der Waals surface area contributed by atoms with Gasteiger partial charge in [0.1, 0.15) is 5.75 Å². The molecule has 1 aromatic carbocycles. The summed E-state index contributed by atoms with van der Waals surface area (Å²) in [4.78, 5) is 11.5. The van der Waals surface area contributed by atoms with Gasteiger partial charge in [0.05, 0.1) is 13.7 Å². The van der Waals surface area contributed by atoms with Crippen LogP contribution in [0.4, 0.5) is 0 Å². The van der Waals surface area contributed by atoms with Crippen molar-refractivity contribution in [2.45, 2.75) is 20.4 Å². The number of rotatable bonds is 7. The van der Waals surface area contributed by atoms with Crippen LogP contribution in [0.15, 0.2) is 22.7 Å². The molecule has 0 bridgehead atoms. The number of carbonyl (C=O) groups excluding carboxylic acids is 1. The Morgan fingerprint density at radius 3 is 2.79 bits per heavy atom. The molecule has 0 saturated heterocycles. The van der Waals surface area contributed by atoms with E-state index in [1.807, 2.05) is 18.2 Å². The average molecular weight is 329 g/mol.